The van der Waals surface area contributed by atoms with Gasteiger partial charge < -0.3 is 15.1 Å². The molecule has 0 saturated heterocycles. The van der Waals surface area contributed by atoms with Crippen LogP contribution in [0.1, 0.15) is 45.4 Å². The Morgan fingerprint density at radius 1 is 1.35 bits per heavy atom. The molecule has 0 atom stereocenters. The van der Waals surface area contributed by atoms with Crippen LogP contribution < -0.4 is 10.6 Å². The summed E-state index contributed by atoms with van der Waals surface area (Å²) in [4.78, 5) is 8.80. The van der Waals surface area contributed by atoms with Gasteiger partial charge in [-0.3, -0.25) is 10.1 Å². The number of aromatic amines is 1. The van der Waals surface area contributed by atoms with E-state index in [0.717, 1.165) is 36.6 Å². The predicted molar refractivity (Wildman–Crippen MR) is 103 cm³/mol. The van der Waals surface area contributed by atoms with E-state index in [1.54, 1.807) is 6.26 Å². The Bertz CT molecular complexity index is 683. The number of furan rings is 1. The fraction of sp³-hybridized carbons (Fsp3) is 0.632. The van der Waals surface area contributed by atoms with Crippen molar-refractivity contribution in [3.8, 4) is 11.6 Å². The number of aromatic nitrogens is 3. The Balaban J connectivity index is 1.41. The van der Waals surface area contributed by atoms with Gasteiger partial charge in [0.2, 0.25) is 5.82 Å². The normalized spacial score (nSPS) is 21.2. The summed E-state index contributed by atoms with van der Waals surface area (Å²) >= 11 is 0. The summed E-state index contributed by atoms with van der Waals surface area (Å²) in [5.41, 5.74) is 0. The molecule has 0 amide bonds. The molecule has 0 aromatic carbocycles. The molecular weight excluding hydrogens is 328 g/mol. The van der Waals surface area contributed by atoms with E-state index in [0.29, 0.717) is 17.6 Å². The number of nitrogens with zero attached hydrogens (tertiary/aromatic N) is 3. The summed E-state index contributed by atoms with van der Waals surface area (Å²) < 4.78 is 5.31. The van der Waals surface area contributed by atoms with E-state index in [2.05, 4.69) is 44.7 Å². The number of aliphatic imine (C=N–C) groups is 1. The molecule has 0 aliphatic heterocycles. The fourth-order valence-corrected chi connectivity index (χ4v) is 3.54. The van der Waals surface area contributed by atoms with Gasteiger partial charge in [0.05, 0.1) is 6.26 Å². The molecule has 7 heteroatoms. The second-order valence-electron chi connectivity index (χ2n) is 7.33. The van der Waals surface area contributed by atoms with Crippen LogP contribution in [0.4, 0.5) is 0 Å². The largest absolute Gasteiger partial charge is 0.461 e. The number of guanidine groups is 1. The van der Waals surface area contributed by atoms with E-state index in [1.807, 2.05) is 19.2 Å². The standard InChI is InChI=1S/C19H30N6O/c1-13(2)14-6-8-15(9-7-14)22-19(20-3)21-11-10-17-23-18(25-24-17)16-5-4-12-26-16/h4-5,12-15H,6-11H2,1-3H3,(H2,20,21,22)(H,23,24,25). The van der Waals surface area contributed by atoms with Gasteiger partial charge in [0.25, 0.3) is 0 Å². The van der Waals surface area contributed by atoms with Gasteiger partial charge in [-0.05, 0) is 49.7 Å². The molecule has 0 radical (unpaired) electrons. The third-order valence-corrected chi connectivity index (χ3v) is 5.21. The van der Waals surface area contributed by atoms with Crippen molar-refractivity contribution < 1.29 is 4.42 Å². The summed E-state index contributed by atoms with van der Waals surface area (Å²) in [6.07, 6.45) is 7.42. The lowest BCUT2D eigenvalue weighted by molar-refractivity contribution is 0.250. The molecule has 1 fully saturated rings. The van der Waals surface area contributed by atoms with Gasteiger partial charge >= 0.3 is 0 Å². The minimum Gasteiger partial charge on any atom is -0.461 e. The van der Waals surface area contributed by atoms with E-state index >= 15 is 0 Å². The van der Waals surface area contributed by atoms with Gasteiger partial charge in [0.1, 0.15) is 5.82 Å². The van der Waals surface area contributed by atoms with Crippen molar-refractivity contribution in [3.05, 3.63) is 24.2 Å². The quantitative estimate of drug-likeness (QED) is 0.545. The van der Waals surface area contributed by atoms with E-state index in [4.69, 9.17) is 4.42 Å². The van der Waals surface area contributed by atoms with E-state index in [1.165, 1.54) is 25.7 Å². The molecule has 0 spiro atoms. The van der Waals surface area contributed by atoms with Crippen molar-refractivity contribution in [1.82, 2.24) is 25.8 Å². The minimum absolute atomic E-state index is 0.520. The molecule has 0 bridgehead atoms. The maximum absolute atomic E-state index is 5.31. The maximum atomic E-state index is 5.31. The van der Waals surface area contributed by atoms with Crippen molar-refractivity contribution in [2.75, 3.05) is 13.6 Å². The Hall–Kier alpha value is -2.31. The van der Waals surface area contributed by atoms with Gasteiger partial charge in [0, 0.05) is 26.1 Å². The second kappa shape index (κ2) is 8.87. The van der Waals surface area contributed by atoms with Gasteiger partial charge in [-0.2, -0.15) is 5.10 Å². The highest BCUT2D eigenvalue weighted by atomic mass is 16.3. The summed E-state index contributed by atoms with van der Waals surface area (Å²) in [7, 11) is 1.82. The van der Waals surface area contributed by atoms with Gasteiger partial charge in [-0.15, -0.1) is 0 Å². The Kier molecular flexibility index (Phi) is 6.30. The summed E-state index contributed by atoms with van der Waals surface area (Å²) in [6.45, 7) is 5.41. The van der Waals surface area contributed by atoms with Crippen LogP contribution >= 0.6 is 0 Å². The van der Waals surface area contributed by atoms with Crippen molar-refractivity contribution in [2.24, 2.45) is 16.8 Å². The van der Waals surface area contributed by atoms with Crippen molar-refractivity contribution in [2.45, 2.75) is 52.0 Å². The highest BCUT2D eigenvalue weighted by Gasteiger charge is 2.23. The summed E-state index contributed by atoms with van der Waals surface area (Å²) in [5, 5.41) is 14.1. The molecule has 1 aliphatic rings. The molecule has 26 heavy (non-hydrogen) atoms. The molecule has 142 valence electrons. The van der Waals surface area contributed by atoms with Crippen LogP contribution in [-0.4, -0.2) is 40.8 Å². The molecule has 2 heterocycles. The Morgan fingerprint density at radius 2 is 2.15 bits per heavy atom. The first-order valence-corrected chi connectivity index (χ1v) is 9.58. The maximum Gasteiger partial charge on any atom is 0.216 e. The van der Waals surface area contributed by atoms with Crippen molar-refractivity contribution in [3.63, 3.8) is 0 Å². The summed E-state index contributed by atoms with van der Waals surface area (Å²) in [5.74, 6) is 4.63. The first-order valence-electron chi connectivity index (χ1n) is 9.58. The molecule has 3 rings (SSSR count). The number of hydrogen-bond donors (Lipinski definition) is 3. The molecule has 2 aromatic heterocycles. The van der Waals surface area contributed by atoms with Crippen molar-refractivity contribution >= 4 is 5.96 Å². The molecule has 3 N–H and O–H groups in total. The van der Waals surface area contributed by atoms with E-state index in [9.17, 15) is 0 Å². The topological polar surface area (TPSA) is 91.1 Å². The monoisotopic (exact) mass is 358 g/mol. The number of hydrogen-bond acceptors (Lipinski definition) is 4. The number of nitrogens with one attached hydrogen (secondary N) is 3. The van der Waals surface area contributed by atoms with Gasteiger partial charge in [-0.25, -0.2) is 4.98 Å². The van der Waals surface area contributed by atoms with Crippen LogP contribution in [0.25, 0.3) is 11.6 Å². The van der Waals surface area contributed by atoms with Crippen LogP contribution in [0.2, 0.25) is 0 Å². The highest BCUT2D eigenvalue weighted by molar-refractivity contribution is 5.79. The van der Waals surface area contributed by atoms with E-state index in [-0.39, 0.29) is 0 Å². The van der Waals surface area contributed by atoms with E-state index < -0.39 is 0 Å². The predicted octanol–water partition coefficient (Wildman–Crippen LogP) is 2.99. The van der Waals surface area contributed by atoms with Crippen LogP contribution in [0.5, 0.6) is 0 Å². The van der Waals surface area contributed by atoms with Crippen molar-refractivity contribution in [1.29, 1.82) is 0 Å². The SMILES string of the molecule is CN=C(NCCc1nc(-c2ccco2)n[nH]1)NC1CCC(C(C)C)CC1. The Morgan fingerprint density at radius 3 is 2.81 bits per heavy atom. The lowest BCUT2D eigenvalue weighted by Gasteiger charge is -2.32. The van der Waals surface area contributed by atoms with Crippen LogP contribution in [0, 0.1) is 11.8 Å². The highest BCUT2D eigenvalue weighted by Crippen LogP contribution is 2.29. The van der Waals surface area contributed by atoms with Crippen LogP contribution in [-0.2, 0) is 6.42 Å². The lowest BCUT2D eigenvalue weighted by atomic mass is 9.80. The molecule has 1 aliphatic carbocycles. The summed E-state index contributed by atoms with van der Waals surface area (Å²) in [6, 6.07) is 4.20. The van der Waals surface area contributed by atoms with Crippen LogP contribution in [0.3, 0.4) is 0 Å². The smallest absolute Gasteiger partial charge is 0.216 e. The first kappa shape index (κ1) is 18.5. The number of H-pyrrole nitrogens is 1. The Labute approximate surface area is 155 Å². The van der Waals surface area contributed by atoms with Crippen LogP contribution in [0.15, 0.2) is 27.8 Å². The second-order valence-corrected chi connectivity index (χ2v) is 7.33. The zero-order valence-corrected chi connectivity index (χ0v) is 16.0. The average Bonchev–Trinajstić information content (AvgIpc) is 3.33. The third-order valence-electron chi connectivity index (χ3n) is 5.21. The average molecular weight is 358 g/mol. The fourth-order valence-electron chi connectivity index (χ4n) is 3.54. The van der Waals surface area contributed by atoms with Gasteiger partial charge in [-0.1, -0.05) is 13.8 Å². The van der Waals surface area contributed by atoms with Gasteiger partial charge in [0.15, 0.2) is 11.7 Å². The first-order chi connectivity index (χ1) is 12.7. The zero-order chi connectivity index (χ0) is 18.4. The molecule has 7 nitrogen and oxygen atoms in total. The molecular formula is C19H30N6O. The molecule has 2 aromatic rings. The third kappa shape index (κ3) is 4.86. The minimum atomic E-state index is 0.520. The molecule has 1 saturated carbocycles. The number of rotatable bonds is 6. The molecule has 0 unspecified atom stereocenters. The lowest BCUT2D eigenvalue weighted by Crippen LogP contribution is -2.45. The zero-order valence-electron chi connectivity index (χ0n) is 16.0.